The van der Waals surface area contributed by atoms with Crippen LogP contribution in [0, 0.1) is 5.92 Å². The Bertz CT molecular complexity index is 502. The van der Waals surface area contributed by atoms with Gasteiger partial charge in [0.2, 0.25) is 0 Å². The summed E-state index contributed by atoms with van der Waals surface area (Å²) in [6.07, 6.45) is 4.78. The predicted octanol–water partition coefficient (Wildman–Crippen LogP) is 1.67. The van der Waals surface area contributed by atoms with Crippen molar-refractivity contribution in [3.8, 4) is 5.75 Å². The zero-order valence-corrected chi connectivity index (χ0v) is 14.7. The van der Waals surface area contributed by atoms with Crippen LogP contribution in [0.5, 0.6) is 5.75 Å². The number of aliphatic hydroxyl groups is 2. The lowest BCUT2D eigenvalue weighted by molar-refractivity contribution is 0.0690. The number of ether oxygens (including phenoxy) is 2. The summed E-state index contributed by atoms with van der Waals surface area (Å²) >= 11 is 0. The number of nitrogens with two attached hydrogens (primary N) is 1. The van der Waals surface area contributed by atoms with Crippen molar-refractivity contribution in [3.63, 3.8) is 0 Å². The molecule has 1 aliphatic rings. The van der Waals surface area contributed by atoms with Crippen molar-refractivity contribution in [1.29, 1.82) is 0 Å². The Kier molecular flexibility index (Phi) is 7.49. The summed E-state index contributed by atoms with van der Waals surface area (Å²) in [5, 5.41) is 19.0. The van der Waals surface area contributed by atoms with Crippen molar-refractivity contribution in [2.45, 2.75) is 44.6 Å². The van der Waals surface area contributed by atoms with Gasteiger partial charge in [-0.3, -0.25) is 0 Å². The number of hydrogen-bond donors (Lipinski definition) is 3. The molecule has 0 aromatic heterocycles. The Balaban J connectivity index is 1.87. The first-order chi connectivity index (χ1) is 11.6. The molecule has 136 valence electrons. The van der Waals surface area contributed by atoms with Gasteiger partial charge in [0, 0.05) is 6.61 Å². The van der Waals surface area contributed by atoms with Gasteiger partial charge in [-0.25, -0.2) is 0 Å². The molecule has 0 aliphatic heterocycles. The van der Waals surface area contributed by atoms with Gasteiger partial charge in [0.25, 0.3) is 0 Å². The number of hydrogen-bond acceptors (Lipinski definition) is 5. The summed E-state index contributed by atoms with van der Waals surface area (Å²) in [6, 6.07) is 6.14. The molecule has 0 spiro atoms. The van der Waals surface area contributed by atoms with E-state index in [-0.39, 0.29) is 19.1 Å². The molecule has 0 saturated carbocycles. The minimum Gasteiger partial charge on any atom is -0.491 e. The molecule has 5 nitrogen and oxygen atoms in total. The Morgan fingerprint density at radius 3 is 2.67 bits per heavy atom. The smallest absolute Gasteiger partial charge is 0.119 e. The molecular weight excluding hydrogens is 306 g/mol. The Morgan fingerprint density at radius 2 is 1.96 bits per heavy atom. The van der Waals surface area contributed by atoms with E-state index in [1.54, 1.807) is 0 Å². The van der Waals surface area contributed by atoms with Crippen molar-refractivity contribution >= 4 is 0 Å². The maximum atomic E-state index is 9.49. The third-order valence-electron chi connectivity index (χ3n) is 4.95. The second kappa shape index (κ2) is 9.37. The SMILES string of the molecule is CCCCOCCOc1ccc2c(c1)CCC(C(N)(CO)CO)C2. The van der Waals surface area contributed by atoms with E-state index in [0.717, 1.165) is 44.5 Å². The fraction of sp³-hybridized carbons (Fsp3) is 0.684. The highest BCUT2D eigenvalue weighted by Gasteiger charge is 2.36. The van der Waals surface area contributed by atoms with Gasteiger partial charge in [0.05, 0.1) is 25.4 Å². The largest absolute Gasteiger partial charge is 0.491 e. The van der Waals surface area contributed by atoms with Gasteiger partial charge in [0.1, 0.15) is 12.4 Å². The highest BCUT2D eigenvalue weighted by molar-refractivity contribution is 5.38. The van der Waals surface area contributed by atoms with Crippen LogP contribution in [0.25, 0.3) is 0 Å². The molecule has 0 bridgehead atoms. The van der Waals surface area contributed by atoms with Crippen LogP contribution >= 0.6 is 0 Å². The summed E-state index contributed by atoms with van der Waals surface area (Å²) in [5.41, 5.74) is 7.74. The zero-order chi connectivity index (χ0) is 17.4. The number of unbranched alkanes of at least 4 members (excludes halogenated alkanes) is 1. The molecule has 5 heteroatoms. The quantitative estimate of drug-likeness (QED) is 0.566. The summed E-state index contributed by atoms with van der Waals surface area (Å²) < 4.78 is 11.3. The van der Waals surface area contributed by atoms with E-state index in [4.69, 9.17) is 15.2 Å². The average Bonchev–Trinajstić information content (AvgIpc) is 2.63. The molecule has 1 aromatic carbocycles. The predicted molar refractivity (Wildman–Crippen MR) is 94.3 cm³/mol. The van der Waals surface area contributed by atoms with Crippen LogP contribution in [0.4, 0.5) is 0 Å². The van der Waals surface area contributed by atoms with Crippen LogP contribution < -0.4 is 10.5 Å². The van der Waals surface area contributed by atoms with E-state index < -0.39 is 5.54 Å². The topological polar surface area (TPSA) is 84.9 Å². The lowest BCUT2D eigenvalue weighted by Crippen LogP contribution is -2.55. The first-order valence-electron chi connectivity index (χ1n) is 8.96. The molecule has 0 fully saturated rings. The molecule has 1 atom stereocenters. The Hall–Kier alpha value is -1.14. The molecule has 24 heavy (non-hydrogen) atoms. The Labute approximate surface area is 144 Å². The fourth-order valence-corrected chi connectivity index (χ4v) is 3.19. The van der Waals surface area contributed by atoms with E-state index >= 15 is 0 Å². The van der Waals surface area contributed by atoms with Crippen molar-refractivity contribution in [2.75, 3.05) is 33.0 Å². The maximum absolute atomic E-state index is 9.49. The van der Waals surface area contributed by atoms with Crippen molar-refractivity contribution in [1.82, 2.24) is 0 Å². The fourth-order valence-electron chi connectivity index (χ4n) is 3.19. The summed E-state index contributed by atoms with van der Waals surface area (Å²) in [7, 11) is 0. The number of aliphatic hydroxyl groups excluding tert-OH is 2. The second-order valence-electron chi connectivity index (χ2n) is 6.73. The van der Waals surface area contributed by atoms with Gasteiger partial charge < -0.3 is 25.4 Å². The standard InChI is InChI=1S/C19H31NO4/c1-2-3-8-23-9-10-24-18-7-5-15-11-17(6-4-16(15)12-18)19(20,13-21)14-22/h5,7,12,17,21-22H,2-4,6,8-11,13-14,20H2,1H3. The molecule has 4 N–H and O–H groups in total. The van der Waals surface area contributed by atoms with Crippen LogP contribution in [-0.2, 0) is 17.6 Å². The van der Waals surface area contributed by atoms with Gasteiger partial charge in [-0.2, -0.15) is 0 Å². The third-order valence-corrected chi connectivity index (χ3v) is 4.95. The number of aryl methyl sites for hydroxylation is 1. The molecule has 2 rings (SSSR count). The zero-order valence-electron chi connectivity index (χ0n) is 14.7. The van der Waals surface area contributed by atoms with Gasteiger partial charge >= 0.3 is 0 Å². The monoisotopic (exact) mass is 337 g/mol. The van der Waals surface area contributed by atoms with Crippen LogP contribution in [0.3, 0.4) is 0 Å². The lowest BCUT2D eigenvalue weighted by atomic mass is 9.73. The highest BCUT2D eigenvalue weighted by atomic mass is 16.5. The molecule has 0 radical (unpaired) electrons. The third kappa shape index (κ3) is 4.93. The van der Waals surface area contributed by atoms with E-state index in [0.29, 0.717) is 13.2 Å². The van der Waals surface area contributed by atoms with E-state index in [2.05, 4.69) is 19.1 Å². The van der Waals surface area contributed by atoms with E-state index in [9.17, 15) is 10.2 Å². The molecule has 0 heterocycles. The van der Waals surface area contributed by atoms with Gasteiger partial charge in [-0.15, -0.1) is 0 Å². The van der Waals surface area contributed by atoms with Crippen molar-refractivity contribution < 1.29 is 19.7 Å². The van der Waals surface area contributed by atoms with Crippen LogP contribution in [0.2, 0.25) is 0 Å². The average molecular weight is 337 g/mol. The van der Waals surface area contributed by atoms with Gasteiger partial charge in [-0.1, -0.05) is 19.4 Å². The maximum Gasteiger partial charge on any atom is 0.119 e. The molecule has 1 unspecified atom stereocenters. The summed E-state index contributed by atoms with van der Waals surface area (Å²) in [4.78, 5) is 0. The lowest BCUT2D eigenvalue weighted by Gasteiger charge is -2.37. The van der Waals surface area contributed by atoms with E-state index in [1.807, 2.05) is 6.07 Å². The first-order valence-corrected chi connectivity index (χ1v) is 8.96. The first kappa shape index (κ1) is 19.2. The highest BCUT2D eigenvalue weighted by Crippen LogP contribution is 2.33. The second-order valence-corrected chi connectivity index (χ2v) is 6.73. The van der Waals surface area contributed by atoms with E-state index in [1.165, 1.54) is 11.1 Å². The van der Waals surface area contributed by atoms with Crippen LogP contribution in [0.15, 0.2) is 18.2 Å². The number of rotatable bonds is 10. The number of fused-ring (bicyclic) bond motifs is 1. The summed E-state index contributed by atoms with van der Waals surface area (Å²) in [5.74, 6) is 0.966. The molecule has 0 amide bonds. The minimum atomic E-state index is -0.900. The molecule has 1 aliphatic carbocycles. The van der Waals surface area contributed by atoms with Crippen molar-refractivity contribution in [2.24, 2.45) is 11.7 Å². The molecule has 0 saturated heterocycles. The summed E-state index contributed by atoms with van der Waals surface area (Å²) in [6.45, 7) is 3.73. The minimum absolute atomic E-state index is 0.0961. The normalized spacial score (nSPS) is 17.6. The van der Waals surface area contributed by atoms with Crippen LogP contribution in [-0.4, -0.2) is 48.8 Å². The number of benzene rings is 1. The van der Waals surface area contributed by atoms with Gasteiger partial charge in [-0.05, 0) is 54.9 Å². The molecular formula is C19H31NO4. The van der Waals surface area contributed by atoms with Gasteiger partial charge in [0.15, 0.2) is 0 Å². The Morgan fingerprint density at radius 1 is 1.17 bits per heavy atom. The van der Waals surface area contributed by atoms with Crippen LogP contribution in [0.1, 0.15) is 37.3 Å². The molecule has 1 aromatic rings. The van der Waals surface area contributed by atoms with Crippen molar-refractivity contribution in [3.05, 3.63) is 29.3 Å².